The molecule has 1 atom stereocenters. The minimum Gasteiger partial charge on any atom is -0.392 e. The largest absolute Gasteiger partial charge is 0.392 e. The van der Waals surface area contributed by atoms with E-state index in [-0.39, 0.29) is 6.10 Å². The van der Waals surface area contributed by atoms with Crippen LogP contribution in [0.3, 0.4) is 0 Å². The van der Waals surface area contributed by atoms with Gasteiger partial charge < -0.3 is 5.11 Å². The molecule has 0 bridgehead atoms. The van der Waals surface area contributed by atoms with Crippen molar-refractivity contribution in [2.45, 2.75) is 24.3 Å². The number of aliphatic hydroxyl groups excluding tert-OH is 1. The summed E-state index contributed by atoms with van der Waals surface area (Å²) in [7, 11) is 0. The number of aliphatic hydroxyl groups is 1. The molecule has 0 aliphatic heterocycles. The molecule has 0 amide bonds. The van der Waals surface area contributed by atoms with Crippen LogP contribution in [0.15, 0.2) is 53.4 Å². The van der Waals surface area contributed by atoms with Gasteiger partial charge in [0, 0.05) is 17.1 Å². The molecule has 4 heteroatoms. The molecule has 1 unspecified atom stereocenters. The second kappa shape index (κ2) is 6.60. The smallest absolute Gasteiger partial charge is 0.0964 e. The van der Waals surface area contributed by atoms with Crippen molar-refractivity contribution in [1.29, 1.82) is 0 Å². The van der Waals surface area contributed by atoms with Gasteiger partial charge in [0.15, 0.2) is 0 Å². The first-order valence-corrected chi connectivity index (χ1v) is 8.73. The molecule has 0 aliphatic rings. The second-order valence-electron chi connectivity index (χ2n) is 5.01. The summed E-state index contributed by atoms with van der Waals surface area (Å²) < 4.78 is 1.19. The Morgan fingerprint density at radius 3 is 2.71 bits per heavy atom. The Balaban J connectivity index is 1.61. The van der Waals surface area contributed by atoms with Crippen LogP contribution in [0.1, 0.15) is 10.6 Å². The van der Waals surface area contributed by atoms with Crippen LogP contribution in [0.25, 0.3) is 10.2 Å². The molecule has 1 heterocycles. The quantitative estimate of drug-likeness (QED) is 0.713. The second-order valence-corrected chi connectivity index (χ2v) is 7.19. The summed E-state index contributed by atoms with van der Waals surface area (Å²) in [6.07, 6.45) is 0.258. The number of thioether (sulfide) groups is 1. The van der Waals surface area contributed by atoms with Gasteiger partial charge in [0.05, 0.1) is 21.3 Å². The average Bonchev–Trinajstić information content (AvgIpc) is 2.88. The van der Waals surface area contributed by atoms with Crippen LogP contribution in [-0.2, 0) is 6.42 Å². The number of nitrogens with zero attached hydrogens (tertiary/aromatic N) is 1. The highest BCUT2D eigenvalue weighted by molar-refractivity contribution is 7.99. The number of fused-ring (bicyclic) bond motifs is 1. The lowest BCUT2D eigenvalue weighted by Crippen LogP contribution is -2.13. The number of rotatable bonds is 5. The Hall–Kier alpha value is -1.36. The van der Waals surface area contributed by atoms with E-state index in [0.717, 1.165) is 10.5 Å². The van der Waals surface area contributed by atoms with Gasteiger partial charge in [0.25, 0.3) is 0 Å². The maximum Gasteiger partial charge on any atom is 0.0964 e. The summed E-state index contributed by atoms with van der Waals surface area (Å²) in [5.41, 5.74) is 2.28. The topological polar surface area (TPSA) is 33.1 Å². The van der Waals surface area contributed by atoms with Gasteiger partial charge in [-0.1, -0.05) is 30.3 Å². The zero-order valence-corrected chi connectivity index (χ0v) is 13.5. The van der Waals surface area contributed by atoms with Crippen molar-refractivity contribution in [2.75, 3.05) is 5.75 Å². The van der Waals surface area contributed by atoms with Crippen molar-refractivity contribution in [3.63, 3.8) is 0 Å². The van der Waals surface area contributed by atoms with Crippen LogP contribution in [-0.4, -0.2) is 21.9 Å². The fourth-order valence-electron chi connectivity index (χ4n) is 2.17. The summed E-state index contributed by atoms with van der Waals surface area (Å²) >= 11 is 3.38. The Kier molecular flexibility index (Phi) is 4.58. The predicted molar refractivity (Wildman–Crippen MR) is 91.2 cm³/mol. The van der Waals surface area contributed by atoms with Gasteiger partial charge >= 0.3 is 0 Å². The van der Waals surface area contributed by atoms with Crippen LogP contribution >= 0.6 is 23.1 Å². The molecule has 3 rings (SSSR count). The zero-order valence-electron chi connectivity index (χ0n) is 11.8. The SMILES string of the molecule is Cc1ccccc1SCC(O)Cc1nc2ccccc2s1. The molecule has 108 valence electrons. The highest BCUT2D eigenvalue weighted by Gasteiger charge is 2.11. The fraction of sp³-hybridized carbons (Fsp3) is 0.235. The van der Waals surface area contributed by atoms with Crippen molar-refractivity contribution in [3.8, 4) is 0 Å². The summed E-state index contributed by atoms with van der Waals surface area (Å²) in [4.78, 5) is 5.81. The Bertz CT molecular complexity index is 705. The van der Waals surface area contributed by atoms with Gasteiger partial charge in [-0.25, -0.2) is 4.98 Å². The monoisotopic (exact) mass is 315 g/mol. The first kappa shape index (κ1) is 14.6. The van der Waals surface area contributed by atoms with Crippen LogP contribution in [0, 0.1) is 6.92 Å². The average molecular weight is 315 g/mol. The molecule has 0 saturated heterocycles. The third kappa shape index (κ3) is 3.64. The van der Waals surface area contributed by atoms with Gasteiger partial charge in [0.1, 0.15) is 0 Å². The van der Waals surface area contributed by atoms with Crippen molar-refractivity contribution in [2.24, 2.45) is 0 Å². The molecule has 0 radical (unpaired) electrons. The van der Waals surface area contributed by atoms with E-state index in [4.69, 9.17) is 0 Å². The van der Waals surface area contributed by atoms with E-state index in [2.05, 4.69) is 30.1 Å². The molecule has 0 saturated carbocycles. The minimum atomic E-state index is -0.366. The molecule has 3 aromatic rings. The lowest BCUT2D eigenvalue weighted by atomic mass is 10.2. The van der Waals surface area contributed by atoms with Crippen molar-refractivity contribution in [1.82, 2.24) is 4.98 Å². The third-order valence-corrected chi connectivity index (χ3v) is 5.65. The van der Waals surface area contributed by atoms with E-state index in [1.807, 2.05) is 30.3 Å². The van der Waals surface area contributed by atoms with Gasteiger partial charge in [-0.3, -0.25) is 0 Å². The van der Waals surface area contributed by atoms with E-state index >= 15 is 0 Å². The van der Waals surface area contributed by atoms with Crippen LogP contribution in [0.5, 0.6) is 0 Å². The first-order chi connectivity index (χ1) is 10.2. The molecule has 1 aromatic heterocycles. The van der Waals surface area contributed by atoms with E-state index in [1.54, 1.807) is 23.1 Å². The van der Waals surface area contributed by atoms with Gasteiger partial charge in [0.2, 0.25) is 0 Å². The number of hydrogen-bond acceptors (Lipinski definition) is 4. The van der Waals surface area contributed by atoms with Crippen LogP contribution < -0.4 is 0 Å². The summed E-state index contributed by atoms with van der Waals surface area (Å²) in [6, 6.07) is 16.4. The lowest BCUT2D eigenvalue weighted by molar-refractivity contribution is 0.200. The van der Waals surface area contributed by atoms with Gasteiger partial charge in [-0.05, 0) is 30.7 Å². The molecule has 2 nitrogen and oxygen atoms in total. The number of aromatic nitrogens is 1. The van der Waals surface area contributed by atoms with Crippen molar-refractivity contribution in [3.05, 3.63) is 59.1 Å². The molecule has 1 N–H and O–H groups in total. The van der Waals surface area contributed by atoms with Crippen LogP contribution in [0.4, 0.5) is 0 Å². The third-order valence-electron chi connectivity index (χ3n) is 3.27. The highest BCUT2D eigenvalue weighted by Crippen LogP contribution is 2.25. The zero-order chi connectivity index (χ0) is 14.7. The minimum absolute atomic E-state index is 0.366. The number of benzene rings is 2. The molecule has 0 spiro atoms. The summed E-state index contributed by atoms with van der Waals surface area (Å²) in [5.74, 6) is 0.695. The van der Waals surface area contributed by atoms with Crippen LogP contribution in [0.2, 0.25) is 0 Å². The van der Waals surface area contributed by atoms with E-state index in [0.29, 0.717) is 12.2 Å². The lowest BCUT2D eigenvalue weighted by Gasteiger charge is -2.09. The van der Waals surface area contributed by atoms with Crippen molar-refractivity contribution < 1.29 is 5.11 Å². The fourth-order valence-corrected chi connectivity index (χ4v) is 4.17. The molecule has 0 aliphatic carbocycles. The van der Waals surface area contributed by atoms with Crippen molar-refractivity contribution >= 4 is 33.3 Å². The number of aryl methyl sites for hydroxylation is 1. The molecular formula is C17H17NOS2. The number of para-hydroxylation sites is 1. The highest BCUT2D eigenvalue weighted by atomic mass is 32.2. The van der Waals surface area contributed by atoms with E-state index in [1.165, 1.54) is 15.2 Å². The normalized spacial score (nSPS) is 12.7. The molecule has 21 heavy (non-hydrogen) atoms. The summed E-state index contributed by atoms with van der Waals surface area (Å²) in [5, 5.41) is 11.2. The number of thiazole rings is 1. The van der Waals surface area contributed by atoms with E-state index in [9.17, 15) is 5.11 Å². The molecule has 2 aromatic carbocycles. The van der Waals surface area contributed by atoms with Gasteiger partial charge in [-0.15, -0.1) is 23.1 Å². The molecular weight excluding hydrogens is 298 g/mol. The number of hydrogen-bond donors (Lipinski definition) is 1. The maximum absolute atomic E-state index is 10.2. The first-order valence-electron chi connectivity index (χ1n) is 6.93. The van der Waals surface area contributed by atoms with Gasteiger partial charge in [-0.2, -0.15) is 0 Å². The standard InChI is InChI=1S/C17H17NOS2/c1-12-6-2-4-8-15(12)20-11-13(19)10-17-18-14-7-3-5-9-16(14)21-17/h2-9,13,19H,10-11H2,1H3. The molecule has 0 fully saturated rings. The Morgan fingerprint density at radius 2 is 1.90 bits per heavy atom. The Labute approximate surface area is 132 Å². The predicted octanol–water partition coefficient (Wildman–Crippen LogP) is 4.30. The maximum atomic E-state index is 10.2. The summed E-state index contributed by atoms with van der Waals surface area (Å²) in [6.45, 7) is 2.10. The Morgan fingerprint density at radius 1 is 1.14 bits per heavy atom. The van der Waals surface area contributed by atoms with E-state index < -0.39 is 0 Å².